The van der Waals surface area contributed by atoms with Crippen molar-refractivity contribution in [3.05, 3.63) is 29.1 Å². The van der Waals surface area contributed by atoms with E-state index in [0.717, 1.165) is 24.2 Å². The van der Waals surface area contributed by atoms with Gasteiger partial charge in [-0.15, -0.1) is 0 Å². The summed E-state index contributed by atoms with van der Waals surface area (Å²) in [6.45, 7) is 4.08. The number of esters is 1. The van der Waals surface area contributed by atoms with Crippen LogP contribution in [-0.4, -0.2) is 24.0 Å². The van der Waals surface area contributed by atoms with Gasteiger partial charge in [-0.05, 0) is 25.0 Å². The second-order valence-corrected chi connectivity index (χ2v) is 5.37. The molecule has 0 unspecified atom stereocenters. The van der Waals surface area contributed by atoms with E-state index in [1.807, 2.05) is 13.8 Å². The molecule has 5 heteroatoms. The molecule has 1 N–H and O–H groups in total. The highest BCUT2D eigenvalue weighted by Gasteiger charge is 2.30. The van der Waals surface area contributed by atoms with Crippen LogP contribution in [0, 0.1) is 5.92 Å². The molecule has 1 aromatic rings. The van der Waals surface area contributed by atoms with Gasteiger partial charge in [-0.25, -0.2) is 4.79 Å². The van der Waals surface area contributed by atoms with Crippen LogP contribution in [0.5, 0.6) is 0 Å². The number of hydrogen-bond donors (Lipinski definition) is 1. The van der Waals surface area contributed by atoms with Crippen LogP contribution in [0.4, 0.5) is 0 Å². The number of amides is 1. The number of carbonyl (C=O) groups is 2. The summed E-state index contributed by atoms with van der Waals surface area (Å²) in [5.74, 6) is -0.0499. The zero-order valence-electron chi connectivity index (χ0n) is 12.1. The maximum absolute atomic E-state index is 11.7. The molecule has 0 aromatic carbocycles. The van der Waals surface area contributed by atoms with Crippen LogP contribution in [0.25, 0.3) is 0 Å². The van der Waals surface area contributed by atoms with Crippen molar-refractivity contribution in [2.24, 2.45) is 5.92 Å². The predicted octanol–water partition coefficient (Wildman–Crippen LogP) is 2.02. The Balaban J connectivity index is 2.14. The molecule has 108 valence electrons. The molecule has 1 aromatic heterocycles. The van der Waals surface area contributed by atoms with Gasteiger partial charge >= 0.3 is 5.97 Å². The van der Waals surface area contributed by atoms with E-state index < -0.39 is 0 Å². The van der Waals surface area contributed by atoms with E-state index in [1.165, 1.54) is 7.11 Å². The first-order valence-electron chi connectivity index (χ1n) is 6.88. The standard InChI is InChI=1S/C15H20N2O3/c1-9(2)14(18)16-8-11-6-7-12(15(19)20-3)13(17-11)10-4-5-10/h6-7,9-10H,4-5,8H2,1-3H3,(H,16,18). The van der Waals surface area contributed by atoms with Crippen LogP contribution < -0.4 is 5.32 Å². The highest BCUT2D eigenvalue weighted by molar-refractivity contribution is 5.90. The number of nitrogens with zero attached hydrogens (tertiary/aromatic N) is 1. The number of nitrogens with one attached hydrogen (secondary N) is 1. The molecular weight excluding hydrogens is 256 g/mol. The van der Waals surface area contributed by atoms with Crippen LogP contribution in [0.15, 0.2) is 12.1 Å². The summed E-state index contributed by atoms with van der Waals surface area (Å²) in [5, 5.41) is 2.83. The molecular formula is C15H20N2O3. The van der Waals surface area contributed by atoms with Gasteiger partial charge in [-0.3, -0.25) is 9.78 Å². The summed E-state index contributed by atoms with van der Waals surface area (Å²) >= 11 is 0. The number of carbonyl (C=O) groups excluding carboxylic acids is 2. The minimum atomic E-state index is -0.350. The van der Waals surface area contributed by atoms with Gasteiger partial charge in [-0.1, -0.05) is 13.8 Å². The third kappa shape index (κ3) is 3.35. The fourth-order valence-electron chi connectivity index (χ4n) is 1.95. The zero-order valence-corrected chi connectivity index (χ0v) is 12.1. The van der Waals surface area contributed by atoms with Crippen molar-refractivity contribution in [3.63, 3.8) is 0 Å². The van der Waals surface area contributed by atoms with Gasteiger partial charge in [0.25, 0.3) is 0 Å². The summed E-state index contributed by atoms with van der Waals surface area (Å²) in [5.41, 5.74) is 2.11. The van der Waals surface area contributed by atoms with E-state index in [4.69, 9.17) is 4.74 Å². The molecule has 0 bridgehead atoms. The second kappa shape index (κ2) is 6.03. The minimum absolute atomic E-state index is 0.00295. The van der Waals surface area contributed by atoms with Gasteiger partial charge in [-0.2, -0.15) is 0 Å². The normalized spacial score (nSPS) is 14.2. The maximum atomic E-state index is 11.7. The Morgan fingerprint density at radius 1 is 1.40 bits per heavy atom. The minimum Gasteiger partial charge on any atom is -0.465 e. The third-order valence-corrected chi connectivity index (χ3v) is 3.32. The van der Waals surface area contributed by atoms with Gasteiger partial charge in [0.05, 0.1) is 30.6 Å². The Kier molecular flexibility index (Phi) is 4.37. The number of hydrogen-bond acceptors (Lipinski definition) is 4. The number of ether oxygens (including phenoxy) is 1. The Bertz CT molecular complexity index is 522. The van der Waals surface area contributed by atoms with Crippen molar-refractivity contribution in [2.45, 2.75) is 39.2 Å². The van der Waals surface area contributed by atoms with E-state index >= 15 is 0 Å². The van der Waals surface area contributed by atoms with E-state index in [1.54, 1.807) is 12.1 Å². The lowest BCUT2D eigenvalue weighted by Gasteiger charge is -2.10. The number of rotatable bonds is 5. The Hall–Kier alpha value is -1.91. The molecule has 1 amide bonds. The second-order valence-electron chi connectivity index (χ2n) is 5.37. The SMILES string of the molecule is COC(=O)c1ccc(CNC(=O)C(C)C)nc1C1CC1. The first-order chi connectivity index (χ1) is 9.52. The summed E-state index contributed by atoms with van der Waals surface area (Å²) in [6, 6.07) is 3.50. The number of pyridine rings is 1. The van der Waals surface area contributed by atoms with Gasteiger partial charge < -0.3 is 10.1 Å². The van der Waals surface area contributed by atoms with Crippen LogP contribution in [0.2, 0.25) is 0 Å². The Labute approximate surface area is 118 Å². The molecule has 0 atom stereocenters. The van der Waals surface area contributed by atoms with Gasteiger partial charge in [0.15, 0.2) is 0 Å². The first-order valence-corrected chi connectivity index (χ1v) is 6.88. The van der Waals surface area contributed by atoms with Gasteiger partial charge in [0.2, 0.25) is 5.91 Å². The average Bonchev–Trinajstić information content (AvgIpc) is 3.28. The van der Waals surface area contributed by atoms with Crippen molar-refractivity contribution >= 4 is 11.9 Å². The van der Waals surface area contributed by atoms with Crippen molar-refractivity contribution < 1.29 is 14.3 Å². The monoisotopic (exact) mass is 276 g/mol. The molecule has 0 spiro atoms. The van der Waals surface area contributed by atoms with E-state index in [9.17, 15) is 9.59 Å². The smallest absolute Gasteiger partial charge is 0.339 e. The molecule has 5 nitrogen and oxygen atoms in total. The van der Waals surface area contributed by atoms with Gasteiger partial charge in [0, 0.05) is 11.8 Å². The lowest BCUT2D eigenvalue weighted by molar-refractivity contribution is -0.124. The Morgan fingerprint density at radius 3 is 2.65 bits per heavy atom. The fraction of sp³-hybridized carbons (Fsp3) is 0.533. The van der Waals surface area contributed by atoms with Crippen LogP contribution in [0.1, 0.15) is 54.4 Å². The lowest BCUT2D eigenvalue weighted by Crippen LogP contribution is -2.27. The van der Waals surface area contributed by atoms with Crippen molar-refractivity contribution in [1.29, 1.82) is 0 Å². The third-order valence-electron chi connectivity index (χ3n) is 3.32. The molecule has 1 aliphatic carbocycles. The van der Waals surface area contributed by atoms with Crippen LogP contribution in [0.3, 0.4) is 0 Å². The Morgan fingerprint density at radius 2 is 2.10 bits per heavy atom. The number of aromatic nitrogens is 1. The van der Waals surface area contributed by atoms with Crippen LogP contribution >= 0.6 is 0 Å². The van der Waals surface area contributed by atoms with Crippen molar-refractivity contribution in [1.82, 2.24) is 10.3 Å². The van der Waals surface area contributed by atoms with Crippen molar-refractivity contribution in [3.8, 4) is 0 Å². The molecule has 0 aliphatic heterocycles. The summed E-state index contributed by atoms with van der Waals surface area (Å²) in [4.78, 5) is 27.8. The molecule has 2 rings (SSSR count). The highest BCUT2D eigenvalue weighted by atomic mass is 16.5. The summed E-state index contributed by atoms with van der Waals surface area (Å²) < 4.78 is 4.78. The maximum Gasteiger partial charge on any atom is 0.339 e. The first kappa shape index (κ1) is 14.5. The topological polar surface area (TPSA) is 68.3 Å². The quantitative estimate of drug-likeness (QED) is 0.835. The molecule has 20 heavy (non-hydrogen) atoms. The van der Waals surface area contributed by atoms with Gasteiger partial charge in [0.1, 0.15) is 0 Å². The van der Waals surface area contributed by atoms with Crippen LogP contribution in [-0.2, 0) is 16.1 Å². The molecule has 1 fully saturated rings. The largest absolute Gasteiger partial charge is 0.465 e. The predicted molar refractivity (Wildman–Crippen MR) is 74.2 cm³/mol. The molecule has 1 aliphatic rings. The van der Waals surface area contributed by atoms with E-state index in [0.29, 0.717) is 18.0 Å². The van der Waals surface area contributed by atoms with E-state index in [2.05, 4.69) is 10.3 Å². The molecule has 1 heterocycles. The average molecular weight is 276 g/mol. The van der Waals surface area contributed by atoms with Crippen molar-refractivity contribution in [2.75, 3.05) is 7.11 Å². The molecule has 0 radical (unpaired) electrons. The molecule has 1 saturated carbocycles. The lowest BCUT2D eigenvalue weighted by atomic mass is 10.1. The number of methoxy groups -OCH3 is 1. The molecule has 0 saturated heterocycles. The highest BCUT2D eigenvalue weighted by Crippen LogP contribution is 2.40. The summed E-state index contributed by atoms with van der Waals surface area (Å²) in [6.07, 6.45) is 2.11. The van der Waals surface area contributed by atoms with E-state index in [-0.39, 0.29) is 17.8 Å². The zero-order chi connectivity index (χ0) is 14.7. The summed E-state index contributed by atoms with van der Waals surface area (Å²) in [7, 11) is 1.37. The fourth-order valence-corrected chi connectivity index (χ4v) is 1.95.